The molecule has 4 nitrogen and oxygen atoms in total. The minimum Gasteiger partial charge on any atom is -0.342 e. The molecule has 1 aliphatic heterocycles. The second-order valence-electron chi connectivity index (χ2n) is 5.05. The molecule has 0 aliphatic carbocycles. The fraction of sp³-hybridized carbons (Fsp3) is 0.917. The van der Waals surface area contributed by atoms with E-state index in [0.717, 1.165) is 32.5 Å². The molecule has 1 rings (SSSR count). The minimum absolute atomic E-state index is 0. The zero-order valence-electron chi connectivity index (χ0n) is 11.2. The first-order chi connectivity index (χ1) is 7.54. The Morgan fingerprint density at radius 2 is 1.94 bits per heavy atom. The number of rotatable bonds is 4. The summed E-state index contributed by atoms with van der Waals surface area (Å²) >= 11 is 0. The van der Waals surface area contributed by atoms with Crippen LogP contribution in [0, 0.1) is 5.92 Å². The van der Waals surface area contributed by atoms with Crippen molar-refractivity contribution < 1.29 is 4.79 Å². The Kier molecular flexibility index (Phi) is 7.75. The summed E-state index contributed by atoms with van der Waals surface area (Å²) in [5, 5.41) is 0. The monoisotopic (exact) mass is 263 g/mol. The molecular weight excluding hydrogens is 238 g/mol. The lowest BCUT2D eigenvalue weighted by atomic mass is 9.97. The summed E-state index contributed by atoms with van der Waals surface area (Å²) in [6.45, 7) is 7.45. The van der Waals surface area contributed by atoms with E-state index in [0.29, 0.717) is 12.5 Å². The van der Waals surface area contributed by atoms with Crippen LogP contribution in [0.5, 0.6) is 0 Å². The van der Waals surface area contributed by atoms with E-state index in [1.54, 1.807) is 0 Å². The van der Waals surface area contributed by atoms with Crippen LogP contribution in [0.25, 0.3) is 0 Å². The average molecular weight is 264 g/mol. The van der Waals surface area contributed by atoms with Gasteiger partial charge in [0.15, 0.2) is 0 Å². The second-order valence-corrected chi connectivity index (χ2v) is 5.05. The quantitative estimate of drug-likeness (QED) is 0.822. The van der Waals surface area contributed by atoms with Crippen molar-refractivity contribution in [2.45, 2.75) is 32.7 Å². The molecule has 0 saturated carbocycles. The molecule has 1 aliphatic rings. The van der Waals surface area contributed by atoms with Crippen molar-refractivity contribution in [3.05, 3.63) is 0 Å². The Morgan fingerprint density at radius 1 is 1.41 bits per heavy atom. The first-order valence-corrected chi connectivity index (χ1v) is 6.22. The van der Waals surface area contributed by atoms with Gasteiger partial charge >= 0.3 is 0 Å². The number of carbonyl (C=O) groups excluding carboxylic acids is 1. The van der Waals surface area contributed by atoms with Crippen LogP contribution in [0.2, 0.25) is 0 Å². The van der Waals surface area contributed by atoms with Gasteiger partial charge in [-0.15, -0.1) is 12.4 Å². The van der Waals surface area contributed by atoms with Crippen molar-refractivity contribution in [2.75, 3.05) is 33.2 Å². The summed E-state index contributed by atoms with van der Waals surface area (Å²) in [6, 6.07) is 0.286. The van der Waals surface area contributed by atoms with Crippen LogP contribution in [-0.4, -0.2) is 55.0 Å². The Bertz CT molecular complexity index is 228. The van der Waals surface area contributed by atoms with Gasteiger partial charge in [-0.2, -0.15) is 0 Å². The number of carbonyl (C=O) groups is 1. The SMILES string of the molecule is CC(C)N(C)C(=O)CN1CCC(CN)CC1.Cl. The molecule has 17 heavy (non-hydrogen) atoms. The van der Waals surface area contributed by atoms with Crippen molar-refractivity contribution in [1.82, 2.24) is 9.80 Å². The number of nitrogens with zero attached hydrogens (tertiary/aromatic N) is 2. The number of likely N-dealkylation sites (N-methyl/N-ethyl adjacent to an activating group) is 1. The van der Waals surface area contributed by atoms with E-state index < -0.39 is 0 Å². The van der Waals surface area contributed by atoms with Crippen LogP contribution in [0.4, 0.5) is 0 Å². The molecule has 1 fully saturated rings. The van der Waals surface area contributed by atoms with Gasteiger partial charge in [0.2, 0.25) is 5.91 Å². The van der Waals surface area contributed by atoms with E-state index in [2.05, 4.69) is 4.90 Å². The first kappa shape index (κ1) is 16.7. The Morgan fingerprint density at radius 3 is 2.35 bits per heavy atom. The maximum Gasteiger partial charge on any atom is 0.236 e. The summed E-state index contributed by atoms with van der Waals surface area (Å²) < 4.78 is 0. The number of halogens is 1. The van der Waals surface area contributed by atoms with Gasteiger partial charge in [0.25, 0.3) is 0 Å². The maximum absolute atomic E-state index is 11.9. The molecule has 1 amide bonds. The predicted octanol–water partition coefficient (Wildman–Crippen LogP) is 0.946. The third-order valence-corrected chi connectivity index (χ3v) is 3.57. The molecule has 0 radical (unpaired) electrons. The zero-order chi connectivity index (χ0) is 12.1. The number of likely N-dealkylation sites (tertiary alicyclic amines) is 1. The second kappa shape index (κ2) is 7.90. The Labute approximate surface area is 111 Å². The molecule has 0 spiro atoms. The number of piperidine rings is 1. The van der Waals surface area contributed by atoms with Gasteiger partial charge in [-0.25, -0.2) is 0 Å². The summed E-state index contributed by atoms with van der Waals surface area (Å²) in [4.78, 5) is 15.9. The fourth-order valence-electron chi connectivity index (χ4n) is 1.97. The van der Waals surface area contributed by atoms with Gasteiger partial charge in [-0.3, -0.25) is 9.69 Å². The molecule has 102 valence electrons. The topological polar surface area (TPSA) is 49.6 Å². The Hall–Kier alpha value is -0.320. The van der Waals surface area contributed by atoms with Crippen LogP contribution >= 0.6 is 12.4 Å². The predicted molar refractivity (Wildman–Crippen MR) is 73.4 cm³/mol. The van der Waals surface area contributed by atoms with Crippen molar-refractivity contribution in [2.24, 2.45) is 11.7 Å². The molecule has 0 aromatic rings. The standard InChI is InChI=1S/C12H25N3O.ClH/c1-10(2)14(3)12(16)9-15-6-4-11(8-13)5-7-15;/h10-11H,4-9,13H2,1-3H3;1H. The number of hydrogen-bond donors (Lipinski definition) is 1. The van der Waals surface area contributed by atoms with Gasteiger partial charge in [-0.1, -0.05) is 0 Å². The number of nitrogens with two attached hydrogens (primary N) is 1. The normalized spacial score (nSPS) is 17.9. The van der Waals surface area contributed by atoms with E-state index in [1.165, 1.54) is 0 Å². The lowest BCUT2D eigenvalue weighted by Crippen LogP contribution is -2.44. The largest absolute Gasteiger partial charge is 0.342 e. The highest BCUT2D eigenvalue weighted by molar-refractivity contribution is 5.85. The van der Waals surface area contributed by atoms with Crippen molar-refractivity contribution in [1.29, 1.82) is 0 Å². The summed E-state index contributed by atoms with van der Waals surface area (Å²) in [7, 11) is 1.87. The van der Waals surface area contributed by atoms with E-state index in [1.807, 2.05) is 25.8 Å². The highest BCUT2D eigenvalue weighted by atomic mass is 35.5. The van der Waals surface area contributed by atoms with E-state index >= 15 is 0 Å². The smallest absolute Gasteiger partial charge is 0.236 e. The summed E-state index contributed by atoms with van der Waals surface area (Å²) in [5.41, 5.74) is 5.64. The van der Waals surface area contributed by atoms with Gasteiger partial charge in [0.1, 0.15) is 0 Å². The molecule has 0 unspecified atom stereocenters. The van der Waals surface area contributed by atoms with Crippen LogP contribution < -0.4 is 5.73 Å². The molecule has 0 atom stereocenters. The fourth-order valence-corrected chi connectivity index (χ4v) is 1.97. The maximum atomic E-state index is 11.9. The van der Waals surface area contributed by atoms with Gasteiger partial charge < -0.3 is 10.6 Å². The lowest BCUT2D eigenvalue weighted by Gasteiger charge is -2.32. The van der Waals surface area contributed by atoms with E-state index in [-0.39, 0.29) is 24.4 Å². The highest BCUT2D eigenvalue weighted by Crippen LogP contribution is 2.15. The lowest BCUT2D eigenvalue weighted by molar-refractivity contribution is -0.132. The average Bonchev–Trinajstić information content (AvgIpc) is 2.28. The molecule has 0 aromatic carbocycles. The molecule has 1 saturated heterocycles. The molecule has 5 heteroatoms. The van der Waals surface area contributed by atoms with Crippen molar-refractivity contribution >= 4 is 18.3 Å². The van der Waals surface area contributed by atoms with Crippen LogP contribution in [0.1, 0.15) is 26.7 Å². The van der Waals surface area contributed by atoms with E-state index in [4.69, 9.17) is 5.73 Å². The van der Waals surface area contributed by atoms with Gasteiger partial charge in [0, 0.05) is 13.1 Å². The van der Waals surface area contributed by atoms with Crippen LogP contribution in [0.15, 0.2) is 0 Å². The van der Waals surface area contributed by atoms with E-state index in [9.17, 15) is 4.79 Å². The van der Waals surface area contributed by atoms with Gasteiger partial charge in [-0.05, 0) is 52.2 Å². The third-order valence-electron chi connectivity index (χ3n) is 3.57. The van der Waals surface area contributed by atoms with Gasteiger partial charge in [0.05, 0.1) is 6.54 Å². The summed E-state index contributed by atoms with van der Waals surface area (Å²) in [5.74, 6) is 0.885. The molecule has 2 N–H and O–H groups in total. The van der Waals surface area contributed by atoms with Crippen molar-refractivity contribution in [3.8, 4) is 0 Å². The van der Waals surface area contributed by atoms with Crippen LogP contribution in [-0.2, 0) is 4.79 Å². The molecular formula is C12H26ClN3O. The first-order valence-electron chi connectivity index (χ1n) is 6.22. The number of hydrogen-bond acceptors (Lipinski definition) is 3. The number of amides is 1. The molecule has 1 heterocycles. The third kappa shape index (κ3) is 5.23. The Balaban J connectivity index is 0.00000256. The van der Waals surface area contributed by atoms with Crippen LogP contribution in [0.3, 0.4) is 0 Å². The van der Waals surface area contributed by atoms with Crippen molar-refractivity contribution in [3.63, 3.8) is 0 Å². The molecule has 0 bridgehead atoms. The summed E-state index contributed by atoms with van der Waals surface area (Å²) in [6.07, 6.45) is 2.27. The zero-order valence-corrected chi connectivity index (χ0v) is 12.0. The molecule has 0 aromatic heterocycles. The minimum atomic E-state index is 0. The highest BCUT2D eigenvalue weighted by Gasteiger charge is 2.21.